The standard InChI is InChI=1S/C30H31FN6O4/c1-16-13-24(27(39)36-35-16)41-23-10-9-21(33-18(23)3)26(38)34-22-14-30(19-7-6-8-20(31)17(19)2)12-11-25(29(4,5)15-32)37(30)28(22)40/h6-10,13,22,25H,11-12,14H2,1-5H3,(H,34,38)(H,36,39)/t22-,25+,30+/m0/s1. The first-order chi connectivity index (χ1) is 19.4. The Labute approximate surface area is 236 Å². The molecule has 0 saturated carbocycles. The van der Waals surface area contributed by atoms with E-state index in [1.165, 1.54) is 24.3 Å². The Balaban J connectivity index is 1.43. The van der Waals surface area contributed by atoms with Crippen molar-refractivity contribution in [1.29, 1.82) is 5.26 Å². The number of aryl methyl sites for hydroxylation is 2. The lowest BCUT2D eigenvalue weighted by molar-refractivity contribution is -0.135. The van der Waals surface area contributed by atoms with Crippen LogP contribution in [-0.2, 0) is 10.3 Å². The molecule has 10 nitrogen and oxygen atoms in total. The molecule has 2 N–H and O–H groups in total. The molecule has 0 radical (unpaired) electrons. The molecular weight excluding hydrogens is 527 g/mol. The number of aromatic nitrogens is 3. The van der Waals surface area contributed by atoms with E-state index in [-0.39, 0.29) is 35.3 Å². The van der Waals surface area contributed by atoms with Crippen molar-refractivity contribution in [1.82, 2.24) is 25.4 Å². The topological polar surface area (TPSA) is 141 Å². The number of nitrogens with zero attached hydrogens (tertiary/aromatic N) is 4. The minimum absolute atomic E-state index is 0.0459. The molecule has 0 aliphatic carbocycles. The molecule has 0 bridgehead atoms. The summed E-state index contributed by atoms with van der Waals surface area (Å²) in [6.45, 7) is 8.63. The minimum atomic E-state index is -0.890. The van der Waals surface area contributed by atoms with Crippen molar-refractivity contribution in [3.63, 3.8) is 0 Å². The zero-order valence-electron chi connectivity index (χ0n) is 23.5. The number of rotatable bonds is 6. The van der Waals surface area contributed by atoms with E-state index in [0.717, 1.165) is 0 Å². The van der Waals surface area contributed by atoms with Gasteiger partial charge in [-0.25, -0.2) is 14.5 Å². The highest BCUT2D eigenvalue weighted by molar-refractivity contribution is 5.97. The van der Waals surface area contributed by atoms with Gasteiger partial charge in [-0.1, -0.05) is 12.1 Å². The number of aromatic amines is 1. The molecule has 11 heteroatoms. The van der Waals surface area contributed by atoms with E-state index in [1.807, 2.05) is 6.07 Å². The van der Waals surface area contributed by atoms with Gasteiger partial charge in [0.25, 0.3) is 5.91 Å². The molecule has 5 rings (SSSR count). The number of halogens is 1. The molecule has 0 unspecified atom stereocenters. The summed E-state index contributed by atoms with van der Waals surface area (Å²) in [6, 6.07) is 10.3. The molecule has 3 atom stereocenters. The summed E-state index contributed by atoms with van der Waals surface area (Å²) in [6.07, 6.45) is 1.37. The number of carbonyl (C=O) groups is 2. The number of hydrogen-bond acceptors (Lipinski definition) is 7. The quantitative estimate of drug-likeness (QED) is 0.467. The van der Waals surface area contributed by atoms with Crippen molar-refractivity contribution in [2.45, 2.75) is 71.5 Å². The number of H-pyrrole nitrogens is 1. The normalized spacial score (nSPS) is 21.9. The van der Waals surface area contributed by atoms with Gasteiger partial charge in [0.05, 0.1) is 34.5 Å². The van der Waals surface area contributed by atoms with Gasteiger partial charge in [-0.15, -0.1) is 0 Å². The maximum Gasteiger partial charge on any atom is 0.307 e. The van der Waals surface area contributed by atoms with E-state index in [1.54, 1.807) is 45.6 Å². The summed E-state index contributed by atoms with van der Waals surface area (Å²) in [5.74, 6) is -0.900. The molecule has 2 aliphatic rings. The zero-order chi connectivity index (χ0) is 29.7. The average molecular weight is 559 g/mol. The van der Waals surface area contributed by atoms with Crippen LogP contribution in [0.15, 0.2) is 41.2 Å². The molecule has 2 saturated heterocycles. The number of fused-ring (bicyclic) bond motifs is 1. The van der Waals surface area contributed by atoms with Gasteiger partial charge in [0.2, 0.25) is 5.91 Å². The summed E-state index contributed by atoms with van der Waals surface area (Å²) in [5, 5.41) is 18.9. The zero-order valence-corrected chi connectivity index (χ0v) is 23.5. The van der Waals surface area contributed by atoms with E-state index in [2.05, 4.69) is 26.6 Å². The van der Waals surface area contributed by atoms with Gasteiger partial charge < -0.3 is 15.0 Å². The van der Waals surface area contributed by atoms with Crippen molar-refractivity contribution < 1.29 is 18.7 Å². The summed E-state index contributed by atoms with van der Waals surface area (Å²) in [7, 11) is 0. The number of nitrogens with one attached hydrogen (secondary N) is 2. The van der Waals surface area contributed by atoms with Crippen LogP contribution in [0, 0.1) is 43.3 Å². The Morgan fingerprint density at radius 1 is 1.22 bits per heavy atom. The monoisotopic (exact) mass is 558 g/mol. The van der Waals surface area contributed by atoms with E-state index < -0.39 is 34.5 Å². The molecule has 2 aliphatic heterocycles. The largest absolute Gasteiger partial charge is 0.450 e. The highest BCUT2D eigenvalue weighted by Crippen LogP contribution is 2.54. The lowest BCUT2D eigenvalue weighted by Crippen LogP contribution is -2.50. The fraction of sp³-hybridized carbons (Fsp3) is 0.400. The number of pyridine rings is 1. The third kappa shape index (κ3) is 4.73. The number of benzene rings is 1. The van der Waals surface area contributed by atoms with Gasteiger partial charge >= 0.3 is 5.56 Å². The Bertz CT molecular complexity index is 1660. The second-order valence-electron chi connectivity index (χ2n) is 11.4. The molecule has 2 fully saturated rings. The summed E-state index contributed by atoms with van der Waals surface area (Å²) in [5.41, 5.74) is -0.0591. The van der Waals surface area contributed by atoms with Gasteiger partial charge in [-0.3, -0.25) is 14.4 Å². The SMILES string of the molecule is Cc1cc(Oc2ccc(C(=O)N[C@H]3C[C@@]4(c5cccc(F)c5C)CC[C@H](C(C)(C)C#N)N4C3=O)nc2C)c(=O)[nH]n1. The van der Waals surface area contributed by atoms with Crippen LogP contribution < -0.4 is 15.6 Å². The average Bonchev–Trinajstić information content (AvgIpc) is 3.44. The minimum Gasteiger partial charge on any atom is -0.450 e. The fourth-order valence-electron chi connectivity index (χ4n) is 6.13. The van der Waals surface area contributed by atoms with Gasteiger partial charge in [-0.2, -0.15) is 10.4 Å². The Kier molecular flexibility index (Phi) is 6.89. The molecule has 3 aromatic rings. The van der Waals surface area contributed by atoms with Crippen LogP contribution in [0.1, 0.15) is 66.1 Å². The number of carbonyl (C=O) groups excluding carboxylic acids is 2. The Hall–Kier alpha value is -4.59. The number of hydrogen-bond donors (Lipinski definition) is 2. The van der Waals surface area contributed by atoms with E-state index in [0.29, 0.717) is 35.4 Å². The van der Waals surface area contributed by atoms with Gasteiger partial charge in [0.1, 0.15) is 23.3 Å². The number of amides is 2. The second-order valence-corrected chi connectivity index (χ2v) is 11.4. The van der Waals surface area contributed by atoms with Crippen LogP contribution in [0.5, 0.6) is 11.5 Å². The van der Waals surface area contributed by atoms with Crippen LogP contribution in [0.25, 0.3) is 0 Å². The maximum absolute atomic E-state index is 14.7. The van der Waals surface area contributed by atoms with Crippen molar-refractivity contribution in [3.05, 3.63) is 80.8 Å². The third-order valence-electron chi connectivity index (χ3n) is 8.26. The number of ether oxygens (including phenoxy) is 1. The predicted molar refractivity (Wildman–Crippen MR) is 147 cm³/mol. The third-order valence-corrected chi connectivity index (χ3v) is 8.26. The molecule has 2 aromatic heterocycles. The highest BCUT2D eigenvalue weighted by atomic mass is 19.1. The molecule has 0 spiro atoms. The highest BCUT2D eigenvalue weighted by Gasteiger charge is 2.61. The van der Waals surface area contributed by atoms with E-state index in [9.17, 15) is 24.0 Å². The van der Waals surface area contributed by atoms with Crippen molar-refractivity contribution in [3.8, 4) is 17.6 Å². The lowest BCUT2D eigenvalue weighted by Gasteiger charge is -2.40. The van der Waals surface area contributed by atoms with Gasteiger partial charge in [-0.05, 0) is 76.8 Å². The fourth-order valence-corrected chi connectivity index (χ4v) is 6.13. The first kappa shape index (κ1) is 28.0. The number of nitriles is 1. The van der Waals surface area contributed by atoms with Gasteiger partial charge in [0.15, 0.2) is 5.75 Å². The molecule has 212 valence electrons. The summed E-state index contributed by atoms with van der Waals surface area (Å²) in [4.78, 5) is 45.3. The Morgan fingerprint density at radius 3 is 2.68 bits per heavy atom. The summed E-state index contributed by atoms with van der Waals surface area (Å²) < 4.78 is 20.4. The smallest absolute Gasteiger partial charge is 0.307 e. The van der Waals surface area contributed by atoms with Crippen molar-refractivity contribution in [2.75, 3.05) is 0 Å². The molecule has 1 aromatic carbocycles. The first-order valence-corrected chi connectivity index (χ1v) is 13.4. The van der Waals surface area contributed by atoms with Gasteiger partial charge in [0, 0.05) is 12.5 Å². The second kappa shape index (κ2) is 10.1. The van der Waals surface area contributed by atoms with Crippen LogP contribution in [-0.4, -0.2) is 44.0 Å². The lowest BCUT2D eigenvalue weighted by atomic mass is 9.82. The Morgan fingerprint density at radius 2 is 1.98 bits per heavy atom. The molecular formula is C30H31FN6O4. The van der Waals surface area contributed by atoms with Crippen LogP contribution in [0.2, 0.25) is 0 Å². The van der Waals surface area contributed by atoms with Crippen molar-refractivity contribution >= 4 is 11.8 Å². The van der Waals surface area contributed by atoms with Crippen LogP contribution in [0.4, 0.5) is 4.39 Å². The summed E-state index contributed by atoms with van der Waals surface area (Å²) >= 11 is 0. The molecule has 2 amide bonds. The first-order valence-electron chi connectivity index (χ1n) is 13.4. The predicted octanol–water partition coefficient (Wildman–Crippen LogP) is 3.96. The molecule has 41 heavy (non-hydrogen) atoms. The molecule has 4 heterocycles. The van der Waals surface area contributed by atoms with Crippen LogP contribution >= 0.6 is 0 Å². The van der Waals surface area contributed by atoms with E-state index >= 15 is 0 Å². The maximum atomic E-state index is 14.7. The van der Waals surface area contributed by atoms with Crippen LogP contribution in [0.3, 0.4) is 0 Å². The van der Waals surface area contributed by atoms with Crippen molar-refractivity contribution in [2.24, 2.45) is 5.41 Å². The van der Waals surface area contributed by atoms with E-state index in [4.69, 9.17) is 4.74 Å².